The summed E-state index contributed by atoms with van der Waals surface area (Å²) in [5.41, 5.74) is 1.28. The lowest BCUT2D eigenvalue weighted by atomic mass is 10.1. The molecule has 0 atom stereocenters. The van der Waals surface area contributed by atoms with Crippen LogP contribution in [0.1, 0.15) is 32.9 Å². The number of carbonyl (C=O) groups excluding carboxylic acids is 1. The van der Waals surface area contributed by atoms with Gasteiger partial charge in [-0.15, -0.1) is 0 Å². The van der Waals surface area contributed by atoms with Crippen molar-refractivity contribution < 1.29 is 22.7 Å². The fourth-order valence-corrected chi connectivity index (χ4v) is 2.80. The summed E-state index contributed by atoms with van der Waals surface area (Å²) in [6.07, 6.45) is -0.576. The van der Waals surface area contributed by atoms with Gasteiger partial charge in [-0.25, -0.2) is 9.78 Å². The van der Waals surface area contributed by atoms with Crippen molar-refractivity contribution in [3.63, 3.8) is 0 Å². The third kappa shape index (κ3) is 4.36. The molecule has 1 aromatic heterocycles. The van der Waals surface area contributed by atoms with Crippen molar-refractivity contribution >= 4 is 5.97 Å². The van der Waals surface area contributed by atoms with Crippen molar-refractivity contribution in [1.82, 2.24) is 9.55 Å². The highest BCUT2D eigenvalue weighted by molar-refractivity contribution is 5.90. The number of aromatic nitrogens is 2. The van der Waals surface area contributed by atoms with Gasteiger partial charge in [0.05, 0.1) is 18.2 Å². The molecule has 0 saturated heterocycles. The lowest BCUT2D eigenvalue weighted by Crippen LogP contribution is -2.11. The van der Waals surface area contributed by atoms with Crippen LogP contribution in [-0.4, -0.2) is 22.6 Å². The molecule has 0 aliphatic carbocycles. The second kappa shape index (κ2) is 7.65. The Morgan fingerprint density at radius 2 is 1.81 bits per heavy atom. The topological polar surface area (TPSA) is 44.1 Å². The van der Waals surface area contributed by atoms with Gasteiger partial charge in [0, 0.05) is 25.4 Å². The summed E-state index contributed by atoms with van der Waals surface area (Å²) in [7, 11) is 1.33. The Kier molecular flexibility index (Phi) is 5.30. The highest BCUT2D eigenvalue weighted by Gasteiger charge is 2.29. The molecule has 140 valence electrons. The van der Waals surface area contributed by atoms with Crippen LogP contribution in [0, 0.1) is 0 Å². The smallest absolute Gasteiger partial charge is 0.416 e. The molecular weight excluding hydrogens is 357 g/mol. The Hall–Kier alpha value is -3.09. The number of rotatable bonds is 5. The molecule has 3 aromatic rings. The number of esters is 1. The first-order chi connectivity index (χ1) is 12.9. The van der Waals surface area contributed by atoms with Gasteiger partial charge in [0.15, 0.2) is 0 Å². The fraction of sp³-hybridized carbons (Fsp3) is 0.200. The van der Waals surface area contributed by atoms with Crippen LogP contribution < -0.4 is 0 Å². The number of hydrogen-bond acceptors (Lipinski definition) is 3. The number of benzene rings is 2. The van der Waals surface area contributed by atoms with Crippen molar-refractivity contribution in [2.75, 3.05) is 7.11 Å². The minimum Gasteiger partial charge on any atom is -0.465 e. The Balaban J connectivity index is 1.80. The molecule has 27 heavy (non-hydrogen) atoms. The lowest BCUT2D eigenvalue weighted by Gasteiger charge is -2.12. The van der Waals surface area contributed by atoms with Gasteiger partial charge in [-0.2, -0.15) is 13.2 Å². The molecular formula is C20H17F3N2O2. The van der Waals surface area contributed by atoms with E-state index in [9.17, 15) is 18.0 Å². The van der Waals surface area contributed by atoms with E-state index in [4.69, 9.17) is 4.74 Å². The Morgan fingerprint density at radius 1 is 1.11 bits per heavy atom. The molecule has 0 spiro atoms. The standard InChI is InChI=1S/C20H17F3N2O2/c1-27-19(26)17-5-3-2-4-15(17)13-25-11-10-24-18(25)12-14-6-8-16(9-7-14)20(21,22)23/h2-11H,12-13H2,1H3. The molecule has 0 unspecified atom stereocenters. The number of imidazole rings is 1. The summed E-state index contributed by atoms with van der Waals surface area (Å²) >= 11 is 0. The summed E-state index contributed by atoms with van der Waals surface area (Å²) in [5, 5.41) is 0. The number of hydrogen-bond donors (Lipinski definition) is 0. The molecule has 4 nitrogen and oxygen atoms in total. The van der Waals surface area contributed by atoms with Gasteiger partial charge >= 0.3 is 12.1 Å². The molecule has 0 N–H and O–H groups in total. The zero-order valence-electron chi connectivity index (χ0n) is 14.5. The third-order valence-corrected chi connectivity index (χ3v) is 4.21. The van der Waals surface area contributed by atoms with Crippen molar-refractivity contribution in [2.45, 2.75) is 19.1 Å². The van der Waals surface area contributed by atoms with E-state index < -0.39 is 17.7 Å². The molecule has 2 aromatic carbocycles. The van der Waals surface area contributed by atoms with E-state index in [0.717, 1.165) is 23.3 Å². The van der Waals surface area contributed by atoms with Crippen LogP contribution in [0.25, 0.3) is 0 Å². The van der Waals surface area contributed by atoms with Crippen LogP contribution >= 0.6 is 0 Å². The van der Waals surface area contributed by atoms with E-state index >= 15 is 0 Å². The second-order valence-electron chi connectivity index (χ2n) is 5.99. The van der Waals surface area contributed by atoms with Gasteiger partial charge < -0.3 is 9.30 Å². The largest absolute Gasteiger partial charge is 0.465 e. The van der Waals surface area contributed by atoms with Gasteiger partial charge in [0.1, 0.15) is 5.82 Å². The average Bonchev–Trinajstić information content (AvgIpc) is 3.08. The Bertz CT molecular complexity index is 931. The maximum Gasteiger partial charge on any atom is 0.416 e. The van der Waals surface area contributed by atoms with Crippen molar-refractivity contribution in [1.29, 1.82) is 0 Å². The van der Waals surface area contributed by atoms with E-state index in [0.29, 0.717) is 24.4 Å². The number of nitrogens with zero attached hydrogens (tertiary/aromatic N) is 2. The minimum atomic E-state index is -4.35. The van der Waals surface area contributed by atoms with Gasteiger partial charge in [-0.1, -0.05) is 30.3 Å². The fourth-order valence-electron chi connectivity index (χ4n) is 2.80. The Morgan fingerprint density at radius 3 is 2.48 bits per heavy atom. The van der Waals surface area contributed by atoms with Crippen LogP contribution in [-0.2, 0) is 23.9 Å². The van der Waals surface area contributed by atoms with Crippen LogP contribution in [0.3, 0.4) is 0 Å². The molecule has 3 rings (SSSR count). The van der Waals surface area contributed by atoms with E-state index in [1.54, 1.807) is 24.5 Å². The first-order valence-electron chi connectivity index (χ1n) is 8.21. The predicted molar refractivity (Wildman–Crippen MR) is 93.4 cm³/mol. The lowest BCUT2D eigenvalue weighted by molar-refractivity contribution is -0.137. The normalized spacial score (nSPS) is 11.4. The molecule has 0 aliphatic rings. The van der Waals surface area contributed by atoms with E-state index in [2.05, 4.69) is 4.98 Å². The number of methoxy groups -OCH3 is 1. The Labute approximate surface area is 154 Å². The van der Waals surface area contributed by atoms with E-state index in [1.807, 2.05) is 16.7 Å². The molecule has 0 saturated carbocycles. The quantitative estimate of drug-likeness (QED) is 0.625. The van der Waals surface area contributed by atoms with Gasteiger partial charge in [0.25, 0.3) is 0 Å². The zero-order chi connectivity index (χ0) is 19.4. The van der Waals surface area contributed by atoms with Crippen molar-refractivity contribution in [2.24, 2.45) is 0 Å². The highest BCUT2D eigenvalue weighted by Crippen LogP contribution is 2.29. The van der Waals surface area contributed by atoms with Gasteiger partial charge in [0.2, 0.25) is 0 Å². The highest BCUT2D eigenvalue weighted by atomic mass is 19.4. The molecule has 0 fully saturated rings. The summed E-state index contributed by atoms with van der Waals surface area (Å²) in [4.78, 5) is 16.2. The molecule has 0 radical (unpaired) electrons. The molecule has 7 heteroatoms. The van der Waals surface area contributed by atoms with E-state index in [1.165, 1.54) is 19.2 Å². The van der Waals surface area contributed by atoms with Crippen LogP contribution in [0.2, 0.25) is 0 Å². The van der Waals surface area contributed by atoms with Crippen molar-refractivity contribution in [3.8, 4) is 0 Å². The van der Waals surface area contributed by atoms with Gasteiger partial charge in [-0.05, 0) is 29.3 Å². The third-order valence-electron chi connectivity index (χ3n) is 4.21. The molecule has 0 bridgehead atoms. The maximum atomic E-state index is 12.7. The molecule has 0 aliphatic heterocycles. The van der Waals surface area contributed by atoms with Crippen LogP contribution in [0.5, 0.6) is 0 Å². The summed E-state index contributed by atoms with van der Waals surface area (Å²) in [5.74, 6) is 0.268. The SMILES string of the molecule is COC(=O)c1ccccc1Cn1ccnc1Cc1ccc(C(F)(F)F)cc1. The summed E-state index contributed by atoms with van der Waals surface area (Å²) in [6, 6.07) is 12.1. The zero-order valence-corrected chi connectivity index (χ0v) is 14.5. The number of alkyl halides is 3. The van der Waals surface area contributed by atoms with Crippen LogP contribution in [0.15, 0.2) is 60.9 Å². The first kappa shape index (κ1) is 18.7. The van der Waals surface area contributed by atoms with E-state index in [-0.39, 0.29) is 0 Å². The monoisotopic (exact) mass is 374 g/mol. The number of carbonyl (C=O) groups is 1. The van der Waals surface area contributed by atoms with Gasteiger partial charge in [-0.3, -0.25) is 0 Å². The molecule has 1 heterocycles. The van der Waals surface area contributed by atoms with Crippen LogP contribution in [0.4, 0.5) is 13.2 Å². The molecule has 0 amide bonds. The number of ether oxygens (including phenoxy) is 1. The summed E-state index contributed by atoms with van der Waals surface area (Å²) < 4.78 is 44.7. The maximum absolute atomic E-state index is 12.7. The summed E-state index contributed by atoms with van der Waals surface area (Å²) in [6.45, 7) is 0.404. The average molecular weight is 374 g/mol. The second-order valence-corrected chi connectivity index (χ2v) is 5.99. The minimum absolute atomic E-state index is 0.380. The number of halogens is 3. The first-order valence-corrected chi connectivity index (χ1v) is 8.21. The van der Waals surface area contributed by atoms with Crippen molar-refractivity contribution in [3.05, 3.63) is 89.0 Å². The predicted octanol–water partition coefficient (Wildman–Crippen LogP) is 4.33.